The van der Waals surface area contributed by atoms with Gasteiger partial charge in [0.15, 0.2) is 0 Å². The average molecular weight is 475 g/mol. The van der Waals surface area contributed by atoms with Crippen LogP contribution in [0.5, 0.6) is 0 Å². The molecule has 0 spiro atoms. The van der Waals surface area contributed by atoms with Crippen LogP contribution in [0.2, 0.25) is 0 Å². The second-order valence-corrected chi connectivity index (χ2v) is 8.19. The van der Waals surface area contributed by atoms with E-state index in [0.717, 1.165) is 0 Å². The van der Waals surface area contributed by atoms with Crippen molar-refractivity contribution in [3.05, 3.63) is 0 Å². The Morgan fingerprint density at radius 2 is 1.33 bits per heavy atom. The van der Waals surface area contributed by atoms with Crippen LogP contribution in [0.25, 0.3) is 0 Å². The summed E-state index contributed by atoms with van der Waals surface area (Å²) in [6.07, 6.45) is 3.34. The average Bonchev–Trinajstić information content (AvgIpc) is 2.79. The summed E-state index contributed by atoms with van der Waals surface area (Å²) in [5.74, 6) is -3.36. The number of carboxylic acid groups (broad SMARTS) is 1. The van der Waals surface area contributed by atoms with Gasteiger partial charge in [-0.2, -0.15) is 0 Å². The maximum Gasteiger partial charge on any atom is 0.326 e. The number of nitrogens with two attached hydrogens (primary N) is 3. The summed E-state index contributed by atoms with van der Waals surface area (Å²) in [6.45, 7) is 3.85. The zero-order chi connectivity index (χ0) is 25.4. The topological polar surface area (TPSA) is 223 Å². The van der Waals surface area contributed by atoms with Crippen LogP contribution in [0.1, 0.15) is 58.8 Å². The molecule has 0 saturated heterocycles. The van der Waals surface area contributed by atoms with Crippen LogP contribution in [0, 0.1) is 5.92 Å². The molecular weight excluding hydrogens is 432 g/mol. The smallest absolute Gasteiger partial charge is 0.326 e. The first-order chi connectivity index (χ1) is 15.6. The van der Waals surface area contributed by atoms with E-state index < -0.39 is 54.5 Å². The monoisotopic (exact) mass is 474 g/mol. The molecule has 0 unspecified atom stereocenters. The minimum absolute atomic E-state index is 0.215. The lowest BCUT2D eigenvalue weighted by molar-refractivity contribution is -0.142. The van der Waals surface area contributed by atoms with E-state index in [1.807, 2.05) is 6.92 Å². The fourth-order valence-corrected chi connectivity index (χ4v) is 3.09. The molecule has 0 rings (SSSR count). The molecule has 33 heavy (non-hydrogen) atoms. The Morgan fingerprint density at radius 1 is 0.818 bits per heavy atom. The largest absolute Gasteiger partial charge is 0.480 e. The van der Waals surface area contributed by atoms with Gasteiger partial charge in [-0.25, -0.2) is 4.79 Å². The van der Waals surface area contributed by atoms with Crippen LogP contribution in [0.15, 0.2) is 0 Å². The zero-order valence-electron chi connectivity index (χ0n) is 19.7. The molecule has 0 heterocycles. The SMILES string of the molecule is CC[C@H](C)[C@H](NC(=O)[C@@H](N)CO)C(=O)N[C@@H](CCCCN)C(=O)N[C@@H](CCCCN)C(=O)O. The molecule has 0 aliphatic carbocycles. The lowest BCUT2D eigenvalue weighted by Gasteiger charge is -2.28. The van der Waals surface area contributed by atoms with E-state index in [0.29, 0.717) is 45.2 Å². The lowest BCUT2D eigenvalue weighted by Crippen LogP contribution is -2.59. The Morgan fingerprint density at radius 3 is 1.79 bits per heavy atom. The third-order valence-corrected chi connectivity index (χ3v) is 5.47. The van der Waals surface area contributed by atoms with Gasteiger partial charge >= 0.3 is 5.97 Å². The van der Waals surface area contributed by atoms with Crippen molar-refractivity contribution >= 4 is 23.7 Å². The van der Waals surface area contributed by atoms with Crippen molar-refractivity contribution in [2.24, 2.45) is 23.1 Å². The first-order valence-corrected chi connectivity index (χ1v) is 11.5. The van der Waals surface area contributed by atoms with Gasteiger partial charge in [-0.15, -0.1) is 0 Å². The second kappa shape index (κ2) is 17.2. The highest BCUT2D eigenvalue weighted by molar-refractivity contribution is 5.94. The van der Waals surface area contributed by atoms with Gasteiger partial charge in [0.2, 0.25) is 17.7 Å². The minimum atomic E-state index is -1.18. The molecule has 0 aromatic heterocycles. The summed E-state index contributed by atoms with van der Waals surface area (Å²) in [5.41, 5.74) is 16.5. The Balaban J connectivity index is 5.46. The summed E-state index contributed by atoms with van der Waals surface area (Å²) in [4.78, 5) is 49.6. The Kier molecular flexibility index (Phi) is 16.0. The zero-order valence-corrected chi connectivity index (χ0v) is 19.7. The molecule has 0 aliphatic rings. The second-order valence-electron chi connectivity index (χ2n) is 8.19. The number of aliphatic hydroxyl groups excluding tert-OH is 1. The number of carbonyl (C=O) groups is 4. The van der Waals surface area contributed by atoms with Crippen molar-refractivity contribution < 1.29 is 29.4 Å². The number of rotatable bonds is 18. The maximum absolute atomic E-state index is 13.0. The van der Waals surface area contributed by atoms with Gasteiger partial charge in [-0.05, 0) is 57.5 Å². The molecule has 0 aliphatic heterocycles. The predicted octanol–water partition coefficient (Wildman–Crippen LogP) is -1.85. The summed E-state index contributed by atoms with van der Waals surface area (Å²) >= 11 is 0. The lowest BCUT2D eigenvalue weighted by atomic mass is 9.97. The van der Waals surface area contributed by atoms with E-state index in [-0.39, 0.29) is 18.8 Å². The highest BCUT2D eigenvalue weighted by Gasteiger charge is 2.32. The molecule has 0 saturated carbocycles. The molecule has 11 N–H and O–H groups in total. The van der Waals surface area contributed by atoms with Crippen LogP contribution in [-0.4, -0.2) is 77.8 Å². The minimum Gasteiger partial charge on any atom is -0.480 e. The Bertz CT molecular complexity index is 620. The van der Waals surface area contributed by atoms with Crippen molar-refractivity contribution in [1.29, 1.82) is 0 Å². The van der Waals surface area contributed by atoms with E-state index >= 15 is 0 Å². The van der Waals surface area contributed by atoms with E-state index in [1.165, 1.54) is 0 Å². The number of unbranched alkanes of at least 4 members (excludes halogenated alkanes) is 2. The van der Waals surface area contributed by atoms with Crippen LogP contribution >= 0.6 is 0 Å². The summed E-state index contributed by atoms with van der Waals surface area (Å²) in [7, 11) is 0. The third kappa shape index (κ3) is 11.9. The van der Waals surface area contributed by atoms with E-state index in [2.05, 4.69) is 16.0 Å². The highest BCUT2D eigenvalue weighted by Crippen LogP contribution is 2.11. The number of hydrogen-bond acceptors (Lipinski definition) is 8. The van der Waals surface area contributed by atoms with Crippen molar-refractivity contribution in [2.75, 3.05) is 19.7 Å². The first-order valence-electron chi connectivity index (χ1n) is 11.5. The summed E-state index contributed by atoms with van der Waals surface area (Å²) < 4.78 is 0. The number of carbonyl (C=O) groups excluding carboxylic acids is 3. The van der Waals surface area contributed by atoms with Crippen LogP contribution in [-0.2, 0) is 19.2 Å². The van der Waals surface area contributed by atoms with Crippen molar-refractivity contribution in [3.63, 3.8) is 0 Å². The molecule has 3 amide bonds. The normalized spacial score (nSPS) is 15.6. The molecule has 12 nitrogen and oxygen atoms in total. The van der Waals surface area contributed by atoms with Gasteiger partial charge in [-0.1, -0.05) is 20.3 Å². The highest BCUT2D eigenvalue weighted by atomic mass is 16.4. The quantitative estimate of drug-likeness (QED) is 0.104. The van der Waals surface area contributed by atoms with Gasteiger partial charge in [-0.3, -0.25) is 14.4 Å². The number of amides is 3. The molecule has 192 valence electrons. The molecule has 0 fully saturated rings. The molecule has 12 heteroatoms. The standard InChI is InChI=1S/C21H42N6O6/c1-3-13(2)17(27-18(29)14(24)12-28)20(31)25-15(8-4-6-10-22)19(30)26-16(21(32)33)9-5-7-11-23/h13-17,28H,3-12,22-24H2,1-2H3,(H,25,31)(H,26,30)(H,27,29)(H,32,33)/t13-,14-,15-,16-,17-/m0/s1. The number of nitrogens with one attached hydrogen (secondary N) is 3. The van der Waals surface area contributed by atoms with Gasteiger partial charge in [0, 0.05) is 0 Å². The first kappa shape index (κ1) is 30.7. The van der Waals surface area contributed by atoms with E-state index in [1.54, 1.807) is 6.92 Å². The number of hydrogen-bond donors (Lipinski definition) is 8. The van der Waals surface area contributed by atoms with Crippen LogP contribution in [0.3, 0.4) is 0 Å². The van der Waals surface area contributed by atoms with E-state index in [4.69, 9.17) is 22.3 Å². The van der Waals surface area contributed by atoms with Crippen molar-refractivity contribution in [3.8, 4) is 0 Å². The Hall–Kier alpha value is -2.28. The maximum atomic E-state index is 13.0. The number of aliphatic hydroxyl groups is 1. The molecule has 0 aromatic carbocycles. The number of carboxylic acids is 1. The molecule has 0 radical (unpaired) electrons. The van der Waals surface area contributed by atoms with Gasteiger partial charge in [0.1, 0.15) is 24.2 Å². The van der Waals surface area contributed by atoms with Crippen molar-refractivity contribution in [2.45, 2.75) is 83.0 Å². The fourth-order valence-electron chi connectivity index (χ4n) is 3.09. The van der Waals surface area contributed by atoms with Crippen LogP contribution in [0.4, 0.5) is 0 Å². The van der Waals surface area contributed by atoms with E-state index in [9.17, 15) is 24.3 Å². The number of aliphatic carboxylic acids is 1. The van der Waals surface area contributed by atoms with Gasteiger partial charge < -0.3 is 43.4 Å². The Labute approximate surface area is 195 Å². The molecular formula is C21H42N6O6. The summed E-state index contributed by atoms with van der Waals surface area (Å²) in [5, 5.41) is 26.2. The summed E-state index contributed by atoms with van der Waals surface area (Å²) in [6, 6.07) is -4.27. The van der Waals surface area contributed by atoms with Gasteiger partial charge in [0.05, 0.1) is 6.61 Å². The van der Waals surface area contributed by atoms with Crippen LogP contribution < -0.4 is 33.2 Å². The van der Waals surface area contributed by atoms with Gasteiger partial charge in [0.25, 0.3) is 0 Å². The molecule has 5 atom stereocenters. The third-order valence-electron chi connectivity index (χ3n) is 5.47. The molecule has 0 aromatic rings. The van der Waals surface area contributed by atoms with Crippen molar-refractivity contribution in [1.82, 2.24) is 16.0 Å². The molecule has 0 bridgehead atoms. The fraction of sp³-hybridized carbons (Fsp3) is 0.810. The predicted molar refractivity (Wildman–Crippen MR) is 124 cm³/mol.